The Hall–Kier alpha value is -2.01. The van der Waals surface area contributed by atoms with Gasteiger partial charge in [-0.25, -0.2) is 4.79 Å². The number of rotatable bonds is 6. The lowest BCUT2D eigenvalue weighted by atomic mass is 9.97. The van der Waals surface area contributed by atoms with Crippen molar-refractivity contribution >= 4 is 11.7 Å². The molecule has 126 valence electrons. The molecule has 1 aliphatic rings. The molecule has 0 spiro atoms. The van der Waals surface area contributed by atoms with Crippen LogP contribution in [-0.2, 0) is 6.54 Å². The summed E-state index contributed by atoms with van der Waals surface area (Å²) in [5.74, 6) is 0.450. The minimum atomic E-state index is -0.187. The van der Waals surface area contributed by atoms with Crippen molar-refractivity contribution in [3.8, 4) is 0 Å². The Labute approximate surface area is 138 Å². The average Bonchev–Trinajstić information content (AvgIpc) is 2.60. The van der Waals surface area contributed by atoms with Gasteiger partial charge in [0.2, 0.25) is 0 Å². The molecule has 1 unspecified atom stereocenters. The van der Waals surface area contributed by atoms with Gasteiger partial charge in [0.05, 0.1) is 0 Å². The molecule has 5 heteroatoms. The highest BCUT2D eigenvalue weighted by Crippen LogP contribution is 2.23. The molecule has 5 nitrogen and oxygen atoms in total. The summed E-state index contributed by atoms with van der Waals surface area (Å²) in [5, 5.41) is 14.8. The first-order valence-corrected chi connectivity index (χ1v) is 8.24. The molecule has 1 heterocycles. The molecule has 1 atom stereocenters. The molecule has 1 saturated heterocycles. The highest BCUT2D eigenvalue weighted by molar-refractivity contribution is 5.74. The molecular weight excluding hydrogens is 290 g/mol. The third-order valence-electron chi connectivity index (χ3n) is 4.34. The zero-order valence-electron chi connectivity index (χ0n) is 13.8. The van der Waals surface area contributed by atoms with Crippen LogP contribution in [-0.4, -0.2) is 36.9 Å². The van der Waals surface area contributed by atoms with Crippen molar-refractivity contribution in [2.24, 2.45) is 5.92 Å². The zero-order chi connectivity index (χ0) is 16.7. The van der Waals surface area contributed by atoms with Crippen LogP contribution in [0.2, 0.25) is 0 Å². The summed E-state index contributed by atoms with van der Waals surface area (Å²) in [4.78, 5) is 14.0. The van der Waals surface area contributed by atoms with E-state index in [0.29, 0.717) is 19.1 Å². The second kappa shape index (κ2) is 8.58. The van der Waals surface area contributed by atoms with Gasteiger partial charge in [-0.2, -0.15) is 0 Å². The van der Waals surface area contributed by atoms with E-state index in [1.165, 1.54) is 5.69 Å². The van der Waals surface area contributed by atoms with Gasteiger partial charge in [0.25, 0.3) is 0 Å². The molecular formula is C18H27N3O2. The van der Waals surface area contributed by atoms with Crippen molar-refractivity contribution in [3.05, 3.63) is 42.5 Å². The number of nitrogens with zero attached hydrogens (tertiary/aromatic N) is 1. The van der Waals surface area contributed by atoms with E-state index in [4.69, 9.17) is 0 Å². The Bertz CT molecular complexity index is 508. The summed E-state index contributed by atoms with van der Waals surface area (Å²) in [6, 6.07) is 8.06. The predicted molar refractivity (Wildman–Crippen MR) is 93.5 cm³/mol. The lowest BCUT2D eigenvalue weighted by molar-refractivity contribution is 0.203. The Morgan fingerprint density at radius 1 is 1.39 bits per heavy atom. The first-order valence-electron chi connectivity index (χ1n) is 8.24. The van der Waals surface area contributed by atoms with Crippen molar-refractivity contribution in [3.63, 3.8) is 0 Å². The summed E-state index contributed by atoms with van der Waals surface area (Å²) in [6.45, 7) is 8.29. The van der Waals surface area contributed by atoms with E-state index in [2.05, 4.69) is 34.2 Å². The number of amides is 2. The number of hydrogen-bond donors (Lipinski definition) is 3. The quantitative estimate of drug-likeness (QED) is 0.705. The third-order valence-corrected chi connectivity index (χ3v) is 4.34. The maximum Gasteiger partial charge on any atom is 0.315 e. The van der Waals surface area contributed by atoms with Crippen LogP contribution in [0.15, 0.2) is 36.9 Å². The number of aliphatic hydroxyl groups is 1. The molecule has 0 aliphatic carbocycles. The lowest BCUT2D eigenvalue weighted by Gasteiger charge is -2.33. The lowest BCUT2D eigenvalue weighted by Crippen LogP contribution is -2.39. The molecule has 2 amide bonds. The van der Waals surface area contributed by atoms with Crippen LogP contribution >= 0.6 is 0 Å². The molecule has 0 bridgehead atoms. The van der Waals surface area contributed by atoms with Crippen molar-refractivity contribution in [2.75, 3.05) is 24.6 Å². The second-order valence-electron chi connectivity index (χ2n) is 6.13. The van der Waals surface area contributed by atoms with Gasteiger partial charge in [0, 0.05) is 38.0 Å². The second-order valence-corrected chi connectivity index (χ2v) is 6.13. The van der Waals surface area contributed by atoms with Gasteiger partial charge in [-0.15, -0.1) is 6.58 Å². The minimum absolute atomic E-state index is 0.0424. The number of benzene rings is 1. The van der Waals surface area contributed by atoms with Gasteiger partial charge in [0.1, 0.15) is 0 Å². The molecule has 3 N–H and O–H groups in total. The van der Waals surface area contributed by atoms with Crippen LogP contribution in [0.1, 0.15) is 25.3 Å². The van der Waals surface area contributed by atoms with Gasteiger partial charge in [-0.3, -0.25) is 0 Å². The number of anilines is 1. The number of carbonyl (C=O) groups is 1. The number of piperidine rings is 1. The topological polar surface area (TPSA) is 64.6 Å². The van der Waals surface area contributed by atoms with E-state index in [1.807, 2.05) is 19.1 Å². The summed E-state index contributed by atoms with van der Waals surface area (Å²) in [6.07, 6.45) is 3.78. The number of aliphatic hydroxyl groups excluding tert-OH is 1. The van der Waals surface area contributed by atoms with Gasteiger partial charge in [0.15, 0.2) is 0 Å². The number of carbonyl (C=O) groups excluding carboxylic acids is 1. The molecule has 0 aromatic heterocycles. The molecule has 23 heavy (non-hydrogen) atoms. The van der Waals surface area contributed by atoms with Gasteiger partial charge in [-0.1, -0.05) is 18.2 Å². The SMILES string of the molecule is C=CC(C)NC(=O)NCc1ccc(N2CCC(CO)CC2)cc1. The largest absolute Gasteiger partial charge is 0.396 e. The first-order chi connectivity index (χ1) is 11.1. The van der Waals surface area contributed by atoms with E-state index in [1.54, 1.807) is 6.08 Å². The van der Waals surface area contributed by atoms with Crippen LogP contribution in [0, 0.1) is 5.92 Å². The molecule has 1 aliphatic heterocycles. The zero-order valence-corrected chi connectivity index (χ0v) is 13.8. The van der Waals surface area contributed by atoms with Gasteiger partial charge >= 0.3 is 6.03 Å². The van der Waals surface area contributed by atoms with Gasteiger partial charge < -0.3 is 20.6 Å². The van der Waals surface area contributed by atoms with Crippen molar-refractivity contribution in [1.82, 2.24) is 10.6 Å². The normalized spacial score (nSPS) is 16.7. The number of urea groups is 1. The average molecular weight is 317 g/mol. The maximum absolute atomic E-state index is 11.7. The van der Waals surface area contributed by atoms with Crippen molar-refractivity contribution in [1.29, 1.82) is 0 Å². The third kappa shape index (κ3) is 5.28. The molecule has 1 aromatic carbocycles. The smallest absolute Gasteiger partial charge is 0.315 e. The van der Waals surface area contributed by atoms with Crippen LogP contribution in [0.4, 0.5) is 10.5 Å². The summed E-state index contributed by atoms with van der Waals surface area (Å²) in [7, 11) is 0. The minimum Gasteiger partial charge on any atom is -0.396 e. The monoisotopic (exact) mass is 317 g/mol. The molecule has 2 rings (SSSR count). The fraction of sp³-hybridized carbons (Fsp3) is 0.500. The fourth-order valence-corrected chi connectivity index (χ4v) is 2.70. The molecule has 0 radical (unpaired) electrons. The van der Waals surface area contributed by atoms with Crippen LogP contribution in [0.5, 0.6) is 0 Å². The molecule has 0 saturated carbocycles. The molecule has 1 aromatic rings. The highest BCUT2D eigenvalue weighted by Gasteiger charge is 2.18. The van der Waals surface area contributed by atoms with Crippen LogP contribution < -0.4 is 15.5 Å². The highest BCUT2D eigenvalue weighted by atomic mass is 16.3. The Morgan fingerprint density at radius 3 is 2.61 bits per heavy atom. The Balaban J connectivity index is 1.80. The van der Waals surface area contributed by atoms with E-state index in [0.717, 1.165) is 31.5 Å². The maximum atomic E-state index is 11.7. The van der Waals surface area contributed by atoms with Crippen molar-refractivity contribution < 1.29 is 9.90 Å². The fourth-order valence-electron chi connectivity index (χ4n) is 2.70. The number of hydrogen-bond acceptors (Lipinski definition) is 3. The Morgan fingerprint density at radius 2 is 2.04 bits per heavy atom. The summed E-state index contributed by atoms with van der Waals surface area (Å²) >= 11 is 0. The van der Waals surface area contributed by atoms with Gasteiger partial charge in [-0.05, 0) is 43.4 Å². The van der Waals surface area contributed by atoms with E-state index >= 15 is 0 Å². The standard InChI is InChI=1S/C18H27N3O2/c1-3-14(2)20-18(23)19-12-15-4-6-17(7-5-15)21-10-8-16(13-22)9-11-21/h3-7,14,16,22H,1,8-13H2,2H3,(H2,19,20,23). The summed E-state index contributed by atoms with van der Waals surface area (Å²) < 4.78 is 0. The molecule has 1 fully saturated rings. The summed E-state index contributed by atoms with van der Waals surface area (Å²) in [5.41, 5.74) is 2.27. The van der Waals surface area contributed by atoms with Crippen LogP contribution in [0.3, 0.4) is 0 Å². The first kappa shape index (κ1) is 17.3. The van der Waals surface area contributed by atoms with Crippen molar-refractivity contribution in [2.45, 2.75) is 32.4 Å². The van der Waals surface area contributed by atoms with E-state index in [9.17, 15) is 9.90 Å². The van der Waals surface area contributed by atoms with Crippen LogP contribution in [0.25, 0.3) is 0 Å². The van der Waals surface area contributed by atoms with E-state index in [-0.39, 0.29) is 12.1 Å². The number of nitrogens with one attached hydrogen (secondary N) is 2. The predicted octanol–water partition coefficient (Wildman–Crippen LogP) is 2.27. The Kier molecular flexibility index (Phi) is 6.47. The van der Waals surface area contributed by atoms with E-state index < -0.39 is 0 Å².